The molecule has 0 N–H and O–H groups in total. The summed E-state index contributed by atoms with van der Waals surface area (Å²) in [6.07, 6.45) is -0.176. The van der Waals surface area contributed by atoms with Gasteiger partial charge in [0.2, 0.25) is 0 Å². The number of hydrogen-bond donors (Lipinski definition) is 0. The van der Waals surface area contributed by atoms with E-state index in [4.69, 9.17) is 14.2 Å². The van der Waals surface area contributed by atoms with Crippen LogP contribution in [0.15, 0.2) is 48.5 Å². The summed E-state index contributed by atoms with van der Waals surface area (Å²) in [6.45, 7) is 3.04. The van der Waals surface area contributed by atoms with E-state index in [1.807, 2.05) is 42.2 Å². The molecule has 1 fully saturated rings. The Balaban J connectivity index is 1.87. The molecular weight excluding hydrogens is 318 g/mol. The number of amides is 1. The Labute approximate surface area is 148 Å². The molecule has 0 aliphatic carbocycles. The van der Waals surface area contributed by atoms with Crippen molar-refractivity contribution in [2.45, 2.75) is 19.1 Å². The molecular formula is C20H23NO4. The van der Waals surface area contributed by atoms with E-state index >= 15 is 0 Å². The van der Waals surface area contributed by atoms with Crippen molar-refractivity contribution in [3.63, 3.8) is 0 Å². The molecule has 3 rings (SSSR count). The number of para-hydroxylation sites is 1. The summed E-state index contributed by atoms with van der Waals surface area (Å²) in [5.74, 6) is 0.937. The molecule has 0 spiro atoms. The molecule has 1 aliphatic heterocycles. The lowest BCUT2D eigenvalue weighted by molar-refractivity contribution is -0.0692. The predicted molar refractivity (Wildman–Crippen MR) is 95.2 cm³/mol. The van der Waals surface area contributed by atoms with E-state index in [-0.39, 0.29) is 18.1 Å². The van der Waals surface area contributed by atoms with Crippen molar-refractivity contribution < 1.29 is 19.0 Å². The number of ether oxygens (including phenoxy) is 3. The van der Waals surface area contributed by atoms with Crippen LogP contribution in [0.25, 0.3) is 0 Å². The second-order valence-corrected chi connectivity index (χ2v) is 6.10. The van der Waals surface area contributed by atoms with Crippen LogP contribution in [0.4, 0.5) is 0 Å². The first-order chi connectivity index (χ1) is 12.1. The minimum Gasteiger partial charge on any atom is -0.493 e. The lowest BCUT2D eigenvalue weighted by atomic mass is 10.1. The van der Waals surface area contributed by atoms with Crippen LogP contribution in [0.2, 0.25) is 0 Å². The molecule has 1 saturated heterocycles. The summed E-state index contributed by atoms with van der Waals surface area (Å²) in [4.78, 5) is 14.9. The summed E-state index contributed by atoms with van der Waals surface area (Å²) in [7, 11) is 3.11. The van der Waals surface area contributed by atoms with Gasteiger partial charge in [-0.05, 0) is 24.6 Å². The van der Waals surface area contributed by atoms with Gasteiger partial charge >= 0.3 is 0 Å². The van der Waals surface area contributed by atoms with Gasteiger partial charge in [0.25, 0.3) is 5.91 Å². The van der Waals surface area contributed by atoms with Crippen molar-refractivity contribution in [3.8, 4) is 11.5 Å². The van der Waals surface area contributed by atoms with Gasteiger partial charge in [-0.25, -0.2) is 0 Å². The first-order valence-electron chi connectivity index (χ1n) is 8.34. The van der Waals surface area contributed by atoms with Gasteiger partial charge in [0.05, 0.1) is 32.4 Å². The summed E-state index contributed by atoms with van der Waals surface area (Å²) < 4.78 is 16.8. The number of nitrogens with zero attached hydrogens (tertiary/aromatic N) is 1. The van der Waals surface area contributed by atoms with Crippen LogP contribution in [0, 0.1) is 0 Å². The third-order valence-electron chi connectivity index (χ3n) is 4.35. The summed E-state index contributed by atoms with van der Waals surface area (Å²) >= 11 is 0. The lowest BCUT2D eigenvalue weighted by Crippen LogP contribution is -2.46. The third kappa shape index (κ3) is 3.61. The first-order valence-corrected chi connectivity index (χ1v) is 8.34. The molecule has 0 saturated carbocycles. The Morgan fingerprint density at radius 2 is 1.80 bits per heavy atom. The Kier molecular flexibility index (Phi) is 5.24. The Morgan fingerprint density at radius 3 is 2.48 bits per heavy atom. The molecule has 0 radical (unpaired) electrons. The maximum Gasteiger partial charge on any atom is 0.257 e. The second-order valence-electron chi connectivity index (χ2n) is 6.10. The molecule has 25 heavy (non-hydrogen) atoms. The fourth-order valence-electron chi connectivity index (χ4n) is 3.19. The normalized spacial score (nSPS) is 20.2. The van der Waals surface area contributed by atoms with Gasteiger partial charge in [-0.3, -0.25) is 4.79 Å². The molecule has 0 bridgehead atoms. The smallest absolute Gasteiger partial charge is 0.257 e. The van der Waals surface area contributed by atoms with Crippen molar-refractivity contribution in [1.82, 2.24) is 4.90 Å². The highest BCUT2D eigenvalue weighted by Gasteiger charge is 2.31. The van der Waals surface area contributed by atoms with E-state index in [9.17, 15) is 4.79 Å². The van der Waals surface area contributed by atoms with Crippen molar-refractivity contribution in [1.29, 1.82) is 0 Å². The molecule has 1 heterocycles. The van der Waals surface area contributed by atoms with Crippen molar-refractivity contribution >= 4 is 5.91 Å². The molecule has 2 unspecified atom stereocenters. The number of carbonyl (C=O) groups is 1. The van der Waals surface area contributed by atoms with Crippen LogP contribution in [-0.2, 0) is 4.74 Å². The predicted octanol–water partition coefficient (Wildman–Crippen LogP) is 3.31. The number of carbonyl (C=O) groups excluding carboxylic acids is 1. The van der Waals surface area contributed by atoms with E-state index in [2.05, 4.69) is 0 Å². The second kappa shape index (κ2) is 7.57. The number of rotatable bonds is 4. The molecule has 1 aliphatic rings. The summed E-state index contributed by atoms with van der Waals surface area (Å²) in [5.41, 5.74) is 1.58. The van der Waals surface area contributed by atoms with Gasteiger partial charge < -0.3 is 19.1 Å². The molecule has 1 amide bonds. The van der Waals surface area contributed by atoms with Gasteiger partial charge in [-0.15, -0.1) is 0 Å². The summed E-state index contributed by atoms with van der Waals surface area (Å²) in [6, 6.07) is 15.3. The van der Waals surface area contributed by atoms with Gasteiger partial charge in [0.15, 0.2) is 11.5 Å². The highest BCUT2D eigenvalue weighted by atomic mass is 16.5. The van der Waals surface area contributed by atoms with Crippen LogP contribution in [0.5, 0.6) is 11.5 Å². The molecule has 5 heteroatoms. The number of methoxy groups -OCH3 is 2. The van der Waals surface area contributed by atoms with Crippen LogP contribution >= 0.6 is 0 Å². The highest BCUT2D eigenvalue weighted by Crippen LogP contribution is 2.33. The highest BCUT2D eigenvalue weighted by molar-refractivity contribution is 5.98. The van der Waals surface area contributed by atoms with Gasteiger partial charge in [-0.1, -0.05) is 36.4 Å². The third-order valence-corrected chi connectivity index (χ3v) is 4.35. The average Bonchev–Trinajstić information content (AvgIpc) is 2.66. The molecule has 0 aromatic heterocycles. The SMILES string of the molecule is COc1cccc(C(=O)N2CC(C)OC(c3ccccc3)C2)c1OC. The Hall–Kier alpha value is -2.53. The molecule has 5 nitrogen and oxygen atoms in total. The minimum atomic E-state index is -0.134. The van der Waals surface area contributed by atoms with Crippen LogP contribution < -0.4 is 9.47 Å². The van der Waals surface area contributed by atoms with Gasteiger partial charge in [0, 0.05) is 6.54 Å². The standard InChI is InChI=1S/C20H23NO4/c1-14-12-21(13-18(25-14)15-8-5-4-6-9-15)20(22)16-10-7-11-17(23-2)19(16)24-3/h4-11,14,18H,12-13H2,1-3H3. The first kappa shape index (κ1) is 17.3. The molecule has 132 valence electrons. The van der Waals surface area contributed by atoms with E-state index in [0.717, 1.165) is 5.56 Å². The van der Waals surface area contributed by atoms with Crippen LogP contribution in [0.1, 0.15) is 28.9 Å². The zero-order valence-electron chi connectivity index (χ0n) is 14.8. The largest absolute Gasteiger partial charge is 0.493 e. The van der Waals surface area contributed by atoms with Crippen molar-refractivity contribution in [3.05, 3.63) is 59.7 Å². The van der Waals surface area contributed by atoms with Gasteiger partial charge in [-0.2, -0.15) is 0 Å². The van der Waals surface area contributed by atoms with E-state index < -0.39 is 0 Å². The van der Waals surface area contributed by atoms with Crippen LogP contribution in [-0.4, -0.2) is 44.2 Å². The van der Waals surface area contributed by atoms with E-state index in [1.165, 1.54) is 0 Å². The Morgan fingerprint density at radius 1 is 1.04 bits per heavy atom. The fourth-order valence-corrected chi connectivity index (χ4v) is 3.19. The maximum atomic E-state index is 13.1. The van der Waals surface area contributed by atoms with Crippen molar-refractivity contribution in [2.75, 3.05) is 27.3 Å². The summed E-state index contributed by atoms with van der Waals surface area (Å²) in [5, 5.41) is 0. The number of morpholine rings is 1. The monoisotopic (exact) mass is 341 g/mol. The van der Waals surface area contributed by atoms with E-state index in [1.54, 1.807) is 32.4 Å². The zero-order valence-corrected chi connectivity index (χ0v) is 14.8. The molecule has 2 aromatic rings. The maximum absolute atomic E-state index is 13.1. The van der Waals surface area contributed by atoms with Crippen LogP contribution in [0.3, 0.4) is 0 Å². The van der Waals surface area contributed by atoms with Crippen molar-refractivity contribution in [2.24, 2.45) is 0 Å². The average molecular weight is 341 g/mol. The molecule has 2 atom stereocenters. The number of hydrogen-bond acceptors (Lipinski definition) is 4. The molecule has 2 aromatic carbocycles. The topological polar surface area (TPSA) is 48.0 Å². The lowest BCUT2D eigenvalue weighted by Gasteiger charge is -2.37. The van der Waals surface area contributed by atoms with Gasteiger partial charge in [0.1, 0.15) is 6.10 Å². The zero-order chi connectivity index (χ0) is 17.8. The number of benzene rings is 2. The fraction of sp³-hybridized carbons (Fsp3) is 0.350. The Bertz CT molecular complexity index is 732. The van der Waals surface area contributed by atoms with E-state index in [0.29, 0.717) is 30.2 Å². The minimum absolute atomic E-state index is 0.0421. The quantitative estimate of drug-likeness (QED) is 0.856.